The normalized spacial score (nSPS) is 49.8. The lowest BCUT2D eigenvalue weighted by atomic mass is 9.81. The van der Waals surface area contributed by atoms with Gasteiger partial charge in [0.2, 0.25) is 0 Å². The summed E-state index contributed by atoms with van der Waals surface area (Å²) in [4.78, 5) is 4.27. The molecule has 3 N–H and O–H groups in total. The first-order chi connectivity index (χ1) is 5.78. The van der Waals surface area contributed by atoms with Gasteiger partial charge in [0.05, 0.1) is 12.1 Å². The second-order valence-electron chi connectivity index (χ2n) is 4.56. The number of hydrogen-bond donors (Lipinski definition) is 2. The highest BCUT2D eigenvalue weighted by Gasteiger charge is 2.52. The summed E-state index contributed by atoms with van der Waals surface area (Å²) < 4.78 is 0. The molecule has 0 radical (unpaired) electrons. The highest BCUT2D eigenvalue weighted by atomic mass is 15.2. The molecule has 0 aromatic heterocycles. The SMILES string of the molecule is NC1=NCC2(CC3CCC2C3)N1. The smallest absolute Gasteiger partial charge is 0.189 e. The molecule has 2 saturated carbocycles. The van der Waals surface area contributed by atoms with E-state index < -0.39 is 0 Å². The van der Waals surface area contributed by atoms with Gasteiger partial charge in [-0.2, -0.15) is 0 Å². The zero-order valence-corrected chi connectivity index (χ0v) is 7.21. The van der Waals surface area contributed by atoms with E-state index in [2.05, 4.69) is 10.3 Å². The molecule has 3 atom stereocenters. The van der Waals surface area contributed by atoms with Gasteiger partial charge >= 0.3 is 0 Å². The minimum absolute atomic E-state index is 0.299. The van der Waals surface area contributed by atoms with Crippen LogP contribution in [0.1, 0.15) is 25.7 Å². The first-order valence-electron chi connectivity index (χ1n) is 4.87. The van der Waals surface area contributed by atoms with Crippen molar-refractivity contribution in [2.24, 2.45) is 22.6 Å². The fourth-order valence-corrected chi connectivity index (χ4v) is 3.35. The average Bonchev–Trinajstić information content (AvgIpc) is 2.67. The van der Waals surface area contributed by atoms with E-state index in [0.717, 1.165) is 18.4 Å². The number of guanidine groups is 1. The molecular formula is C9H15N3. The van der Waals surface area contributed by atoms with Crippen LogP contribution in [0, 0.1) is 11.8 Å². The van der Waals surface area contributed by atoms with Gasteiger partial charge in [-0.1, -0.05) is 0 Å². The number of aliphatic imine (C=N–C) groups is 1. The fourth-order valence-electron chi connectivity index (χ4n) is 3.35. The number of nitrogens with one attached hydrogen (secondary N) is 1. The van der Waals surface area contributed by atoms with Crippen LogP contribution in [0.3, 0.4) is 0 Å². The predicted molar refractivity (Wildman–Crippen MR) is 47.8 cm³/mol. The Morgan fingerprint density at radius 3 is 2.92 bits per heavy atom. The lowest BCUT2D eigenvalue weighted by Gasteiger charge is -2.33. The monoisotopic (exact) mass is 165 g/mol. The van der Waals surface area contributed by atoms with Crippen molar-refractivity contribution in [3.8, 4) is 0 Å². The Bertz CT molecular complexity index is 248. The molecule has 3 rings (SSSR count). The maximum atomic E-state index is 5.66. The summed E-state index contributed by atoms with van der Waals surface area (Å²) in [5.41, 5.74) is 5.96. The van der Waals surface area contributed by atoms with Crippen LogP contribution in [0.25, 0.3) is 0 Å². The number of hydrogen-bond acceptors (Lipinski definition) is 3. The van der Waals surface area contributed by atoms with Gasteiger partial charge in [0.1, 0.15) is 0 Å². The standard InChI is InChI=1S/C9H15N3/c10-8-11-5-9(12-8)4-6-1-2-7(9)3-6/h6-7H,1-5H2,(H3,10,11,12). The van der Waals surface area contributed by atoms with Crippen molar-refractivity contribution in [2.45, 2.75) is 31.2 Å². The molecule has 12 heavy (non-hydrogen) atoms. The Labute approximate surface area is 72.4 Å². The van der Waals surface area contributed by atoms with Crippen molar-refractivity contribution in [1.29, 1.82) is 0 Å². The minimum atomic E-state index is 0.299. The second kappa shape index (κ2) is 1.95. The van der Waals surface area contributed by atoms with Crippen molar-refractivity contribution >= 4 is 5.96 Å². The molecule has 1 spiro atoms. The van der Waals surface area contributed by atoms with Crippen molar-refractivity contribution < 1.29 is 0 Å². The van der Waals surface area contributed by atoms with E-state index in [1.54, 1.807) is 0 Å². The molecule has 3 unspecified atom stereocenters. The van der Waals surface area contributed by atoms with Gasteiger partial charge in [0.15, 0.2) is 5.96 Å². The van der Waals surface area contributed by atoms with E-state index in [1.165, 1.54) is 25.7 Å². The van der Waals surface area contributed by atoms with Crippen LogP contribution >= 0.6 is 0 Å². The summed E-state index contributed by atoms with van der Waals surface area (Å²) >= 11 is 0. The summed E-state index contributed by atoms with van der Waals surface area (Å²) in [6, 6.07) is 0. The van der Waals surface area contributed by atoms with Gasteiger partial charge in [-0.3, -0.25) is 4.99 Å². The van der Waals surface area contributed by atoms with Gasteiger partial charge in [0.25, 0.3) is 0 Å². The first kappa shape index (κ1) is 6.75. The molecule has 2 aliphatic carbocycles. The topological polar surface area (TPSA) is 50.4 Å². The molecule has 3 aliphatic rings. The molecule has 1 heterocycles. The van der Waals surface area contributed by atoms with Gasteiger partial charge in [-0.15, -0.1) is 0 Å². The number of nitrogens with two attached hydrogens (primary N) is 1. The van der Waals surface area contributed by atoms with Gasteiger partial charge in [-0.25, -0.2) is 0 Å². The summed E-state index contributed by atoms with van der Waals surface area (Å²) in [5, 5.41) is 3.39. The van der Waals surface area contributed by atoms with Crippen LogP contribution in [0.2, 0.25) is 0 Å². The molecular weight excluding hydrogens is 150 g/mol. The van der Waals surface area contributed by atoms with Gasteiger partial charge < -0.3 is 11.1 Å². The zero-order valence-electron chi connectivity index (χ0n) is 7.21. The Balaban J connectivity index is 1.86. The van der Waals surface area contributed by atoms with Crippen LogP contribution in [0.4, 0.5) is 0 Å². The van der Waals surface area contributed by atoms with Gasteiger partial charge in [0, 0.05) is 0 Å². The van der Waals surface area contributed by atoms with Crippen LogP contribution in [0.15, 0.2) is 4.99 Å². The van der Waals surface area contributed by atoms with Crippen LogP contribution in [-0.2, 0) is 0 Å². The summed E-state index contributed by atoms with van der Waals surface area (Å²) in [5.74, 6) is 2.48. The molecule has 3 heteroatoms. The third-order valence-corrected chi connectivity index (χ3v) is 3.88. The Hall–Kier alpha value is -0.730. The van der Waals surface area contributed by atoms with E-state index in [1.807, 2.05) is 0 Å². The van der Waals surface area contributed by atoms with Crippen molar-refractivity contribution in [3.05, 3.63) is 0 Å². The third kappa shape index (κ3) is 0.692. The Morgan fingerprint density at radius 2 is 2.42 bits per heavy atom. The number of nitrogens with zero attached hydrogens (tertiary/aromatic N) is 1. The van der Waals surface area contributed by atoms with E-state index >= 15 is 0 Å². The molecule has 0 aromatic rings. The van der Waals surface area contributed by atoms with Crippen LogP contribution < -0.4 is 11.1 Å². The zero-order chi connectivity index (χ0) is 8.18. The highest BCUT2D eigenvalue weighted by molar-refractivity contribution is 5.80. The van der Waals surface area contributed by atoms with Crippen molar-refractivity contribution in [2.75, 3.05) is 6.54 Å². The van der Waals surface area contributed by atoms with Crippen LogP contribution in [0.5, 0.6) is 0 Å². The van der Waals surface area contributed by atoms with E-state index in [9.17, 15) is 0 Å². The fraction of sp³-hybridized carbons (Fsp3) is 0.889. The number of fused-ring (bicyclic) bond motifs is 3. The molecule has 0 saturated heterocycles. The second-order valence-corrected chi connectivity index (χ2v) is 4.56. The van der Waals surface area contributed by atoms with Crippen LogP contribution in [-0.4, -0.2) is 18.0 Å². The van der Waals surface area contributed by atoms with Crippen molar-refractivity contribution in [1.82, 2.24) is 5.32 Å². The summed E-state index contributed by atoms with van der Waals surface area (Å²) in [6.07, 6.45) is 5.55. The average molecular weight is 165 g/mol. The Kier molecular flexibility index (Phi) is 1.10. The maximum Gasteiger partial charge on any atom is 0.189 e. The summed E-state index contributed by atoms with van der Waals surface area (Å²) in [7, 11) is 0. The van der Waals surface area contributed by atoms with Crippen molar-refractivity contribution in [3.63, 3.8) is 0 Å². The lowest BCUT2D eigenvalue weighted by molar-refractivity contribution is 0.264. The molecule has 0 amide bonds. The minimum Gasteiger partial charge on any atom is -0.370 e. The molecule has 3 nitrogen and oxygen atoms in total. The molecule has 66 valence electrons. The quantitative estimate of drug-likeness (QED) is 0.548. The Morgan fingerprint density at radius 1 is 1.50 bits per heavy atom. The van der Waals surface area contributed by atoms with E-state index in [0.29, 0.717) is 11.5 Å². The molecule has 1 aliphatic heterocycles. The summed E-state index contributed by atoms with van der Waals surface area (Å²) in [6.45, 7) is 0.931. The number of rotatable bonds is 0. The van der Waals surface area contributed by atoms with E-state index in [4.69, 9.17) is 5.73 Å². The molecule has 2 fully saturated rings. The molecule has 0 aromatic carbocycles. The van der Waals surface area contributed by atoms with E-state index in [-0.39, 0.29) is 0 Å². The first-order valence-corrected chi connectivity index (χ1v) is 4.87. The highest BCUT2D eigenvalue weighted by Crippen LogP contribution is 2.51. The predicted octanol–water partition coefficient (Wildman–Crippen LogP) is 0.463. The maximum absolute atomic E-state index is 5.66. The molecule has 2 bridgehead atoms. The van der Waals surface area contributed by atoms with Gasteiger partial charge in [-0.05, 0) is 37.5 Å². The largest absolute Gasteiger partial charge is 0.370 e. The third-order valence-electron chi connectivity index (χ3n) is 3.88. The lowest BCUT2D eigenvalue weighted by Crippen LogP contribution is -2.51.